The van der Waals surface area contributed by atoms with Crippen molar-refractivity contribution in [3.63, 3.8) is 0 Å². The third-order valence-electron chi connectivity index (χ3n) is 3.77. The number of anilines is 1. The third kappa shape index (κ3) is 9.40. The number of pyridine rings is 2. The summed E-state index contributed by atoms with van der Waals surface area (Å²) in [7, 11) is 0. The predicted molar refractivity (Wildman–Crippen MR) is 122 cm³/mol. The first-order valence-electron chi connectivity index (χ1n) is 7.87. The van der Waals surface area contributed by atoms with E-state index in [1.165, 1.54) is 0 Å². The van der Waals surface area contributed by atoms with Crippen molar-refractivity contribution in [3.05, 3.63) is 78.1 Å². The van der Waals surface area contributed by atoms with Gasteiger partial charge in [-0.15, -0.1) is 0 Å². The molecule has 189 valence electrons. The number of carbonyl (C=O) groups excluding carboxylic acids is 2. The van der Waals surface area contributed by atoms with Crippen LogP contribution < -0.4 is 15.9 Å². The zero-order valence-electron chi connectivity index (χ0n) is 17.5. The maximum absolute atomic E-state index is 10.3. The van der Waals surface area contributed by atoms with Gasteiger partial charge in [0.15, 0.2) is 0 Å². The number of carboxylic acid groups (broad SMARTS) is 2. The van der Waals surface area contributed by atoms with Crippen LogP contribution in [0.2, 0.25) is 0 Å². The SMILES string of the molecule is Nc1cc(C(=O)[O-])cc(C(=O)[O-])c1.O.O.O.[Ni+3].[OH3+].[OH3+].[OH3+].c1cnc2c(c1)ccc1cccnc12. The summed E-state index contributed by atoms with van der Waals surface area (Å²) in [5.74, 6) is -2.95. The summed E-state index contributed by atoms with van der Waals surface area (Å²) < 4.78 is 0. The van der Waals surface area contributed by atoms with Gasteiger partial charge in [-0.1, -0.05) is 24.3 Å². The molecular formula is C20H28N3NiO10+4. The van der Waals surface area contributed by atoms with Crippen molar-refractivity contribution in [3.8, 4) is 0 Å². The van der Waals surface area contributed by atoms with Gasteiger partial charge in [0.25, 0.3) is 0 Å². The molecule has 1 radical (unpaired) electrons. The van der Waals surface area contributed by atoms with Gasteiger partial charge in [0.1, 0.15) is 0 Å². The van der Waals surface area contributed by atoms with Gasteiger partial charge in [-0.3, -0.25) is 9.97 Å². The van der Waals surface area contributed by atoms with E-state index in [1.54, 1.807) is 12.4 Å². The Morgan fingerprint density at radius 3 is 1.35 bits per heavy atom. The van der Waals surface area contributed by atoms with E-state index in [0.29, 0.717) is 0 Å². The Labute approximate surface area is 202 Å². The molecule has 34 heavy (non-hydrogen) atoms. The minimum atomic E-state index is -1.48. The number of carboxylic acids is 2. The summed E-state index contributed by atoms with van der Waals surface area (Å²) in [6.45, 7) is 0. The molecule has 0 aliphatic rings. The van der Waals surface area contributed by atoms with Crippen LogP contribution in [0.25, 0.3) is 21.8 Å². The van der Waals surface area contributed by atoms with Crippen molar-refractivity contribution in [2.75, 3.05) is 5.73 Å². The Balaban J connectivity index is -0.000000137. The van der Waals surface area contributed by atoms with E-state index in [2.05, 4.69) is 34.2 Å². The van der Waals surface area contributed by atoms with Crippen LogP contribution in [-0.4, -0.2) is 38.3 Å². The third-order valence-corrected chi connectivity index (χ3v) is 3.77. The van der Waals surface area contributed by atoms with Crippen LogP contribution in [0, 0.1) is 0 Å². The summed E-state index contributed by atoms with van der Waals surface area (Å²) >= 11 is 0. The van der Waals surface area contributed by atoms with Crippen LogP contribution in [0.5, 0.6) is 0 Å². The molecule has 4 rings (SSSR count). The molecule has 14 heteroatoms. The van der Waals surface area contributed by atoms with Crippen LogP contribution in [0.1, 0.15) is 20.7 Å². The number of aromatic nitrogens is 2. The van der Waals surface area contributed by atoms with Gasteiger partial charge in [-0.05, 0) is 41.5 Å². The molecule has 4 aromatic rings. The minimum absolute atomic E-state index is 0. The number of nitrogen functional groups attached to an aromatic ring is 1. The topological polar surface area (TPSA) is 326 Å². The quantitative estimate of drug-likeness (QED) is 0.115. The molecule has 0 spiro atoms. The molecule has 0 unspecified atom stereocenters. The minimum Gasteiger partial charge on any atom is -0.545 e. The van der Waals surface area contributed by atoms with E-state index in [-0.39, 0.29) is 66.2 Å². The average Bonchev–Trinajstić information content (AvgIpc) is 2.68. The first-order chi connectivity index (χ1) is 13.0. The Morgan fingerprint density at radius 1 is 0.676 bits per heavy atom. The molecule has 0 bridgehead atoms. The van der Waals surface area contributed by atoms with Crippen molar-refractivity contribution in [1.29, 1.82) is 0 Å². The number of benzene rings is 2. The molecule has 0 atom stereocenters. The van der Waals surface area contributed by atoms with Crippen LogP contribution in [0.3, 0.4) is 0 Å². The number of carbonyl (C=O) groups is 2. The molecule has 0 saturated heterocycles. The molecule has 0 aliphatic heterocycles. The molecule has 13 nitrogen and oxygen atoms in total. The number of hydrogen-bond donors (Lipinski definition) is 1. The molecule has 0 saturated carbocycles. The van der Waals surface area contributed by atoms with Gasteiger partial charge >= 0.3 is 16.5 Å². The van der Waals surface area contributed by atoms with Gasteiger partial charge in [0.2, 0.25) is 0 Å². The second-order valence-corrected chi connectivity index (χ2v) is 5.63. The predicted octanol–water partition coefficient (Wildman–Crippen LogP) is -4.46. The Bertz CT molecular complexity index is 1090. The maximum atomic E-state index is 10.3. The fourth-order valence-electron chi connectivity index (χ4n) is 2.57. The van der Waals surface area contributed by atoms with Gasteiger partial charge in [0, 0.05) is 28.9 Å². The average molecular weight is 529 g/mol. The molecular weight excluding hydrogens is 501 g/mol. The number of rotatable bonds is 2. The zero-order chi connectivity index (χ0) is 19.4. The number of fused-ring (bicyclic) bond motifs is 3. The van der Waals surface area contributed by atoms with Crippen LogP contribution >= 0.6 is 0 Å². The maximum Gasteiger partial charge on any atom is 3.00 e. The first-order valence-corrected chi connectivity index (χ1v) is 7.87. The molecule has 2 aromatic carbocycles. The Kier molecular flexibility index (Phi) is 21.2. The number of aromatic carboxylic acids is 2. The van der Waals surface area contributed by atoms with Gasteiger partial charge in [-0.25, -0.2) is 0 Å². The van der Waals surface area contributed by atoms with E-state index in [1.807, 2.05) is 12.1 Å². The summed E-state index contributed by atoms with van der Waals surface area (Å²) in [5.41, 5.74) is 6.69. The molecule has 0 aliphatic carbocycles. The number of nitrogens with zero attached hydrogens (tertiary/aromatic N) is 2. The summed E-state index contributed by atoms with van der Waals surface area (Å²) in [4.78, 5) is 29.4. The van der Waals surface area contributed by atoms with Crippen LogP contribution in [0.15, 0.2) is 67.0 Å². The smallest absolute Gasteiger partial charge is 0.545 e. The largest absolute Gasteiger partial charge is 3.00 e. The fourth-order valence-corrected chi connectivity index (χ4v) is 2.57. The molecule has 2 aromatic heterocycles. The molecule has 0 fully saturated rings. The Morgan fingerprint density at radius 2 is 1.03 bits per heavy atom. The number of nitrogens with two attached hydrogens (primary N) is 1. The van der Waals surface area contributed by atoms with E-state index in [9.17, 15) is 19.8 Å². The summed E-state index contributed by atoms with van der Waals surface area (Å²) in [5, 5.41) is 23.0. The summed E-state index contributed by atoms with van der Waals surface area (Å²) in [6, 6.07) is 15.3. The van der Waals surface area contributed by atoms with Crippen molar-refractivity contribution in [2.24, 2.45) is 0 Å². The second kappa shape index (κ2) is 17.8. The summed E-state index contributed by atoms with van der Waals surface area (Å²) in [6.07, 6.45) is 3.60. The van der Waals surface area contributed by atoms with Crippen molar-refractivity contribution in [2.45, 2.75) is 0 Å². The van der Waals surface area contributed by atoms with E-state index in [0.717, 1.165) is 40.0 Å². The van der Waals surface area contributed by atoms with E-state index < -0.39 is 11.9 Å². The first kappa shape index (κ1) is 40.6. The van der Waals surface area contributed by atoms with Gasteiger partial charge < -0.3 is 58.4 Å². The second-order valence-electron chi connectivity index (χ2n) is 5.63. The standard InChI is InChI=1S/C12H8N2.C8H7NO4.Ni.6H2O/c1-3-9-5-6-10-4-2-8-14-12(10)11(9)13-7-1;9-6-2-4(7(10)11)1-5(3-6)8(12)13;;;;;;;/h1-8H;1-3H,9H2,(H,10,11)(H,12,13);;6*1H2/q;;+3;;;;;;/p+1. The van der Waals surface area contributed by atoms with E-state index in [4.69, 9.17) is 5.73 Å². The molecule has 17 N–H and O–H groups in total. The number of hydrogen-bond acceptors (Lipinski definition) is 7. The normalized spacial score (nSPS) is 8.12. The van der Waals surface area contributed by atoms with Crippen LogP contribution in [-0.2, 0) is 32.9 Å². The van der Waals surface area contributed by atoms with Crippen molar-refractivity contribution < 1.29 is 69.2 Å². The van der Waals surface area contributed by atoms with Crippen molar-refractivity contribution in [1.82, 2.24) is 9.97 Å². The monoisotopic (exact) mass is 528 g/mol. The fraction of sp³-hybridized carbons (Fsp3) is 0. The molecule has 2 heterocycles. The van der Waals surface area contributed by atoms with Gasteiger partial charge in [-0.2, -0.15) is 0 Å². The Hall–Kier alpha value is -3.75. The van der Waals surface area contributed by atoms with Crippen molar-refractivity contribution >= 4 is 39.4 Å². The van der Waals surface area contributed by atoms with Crippen LogP contribution in [0.4, 0.5) is 5.69 Å². The van der Waals surface area contributed by atoms with Gasteiger partial charge in [0.05, 0.1) is 23.0 Å². The zero-order valence-corrected chi connectivity index (χ0v) is 18.5. The van der Waals surface area contributed by atoms with E-state index >= 15 is 0 Å². The molecule has 0 amide bonds.